The van der Waals surface area contributed by atoms with E-state index in [-0.39, 0.29) is 23.5 Å². The Bertz CT molecular complexity index is 435. The number of H-pyrrole nitrogens is 1. The number of aromatic nitrogens is 3. The minimum atomic E-state index is -0.287. The lowest BCUT2D eigenvalue weighted by Gasteiger charge is -2.02. The van der Waals surface area contributed by atoms with Crippen LogP contribution in [0.2, 0.25) is 0 Å². The van der Waals surface area contributed by atoms with Crippen LogP contribution in [0.25, 0.3) is 0 Å². The molecule has 0 saturated heterocycles. The SMILES string of the molecule is CCOC(=O)CSc1n[nH]c(=O)n1C1CC1. The summed E-state index contributed by atoms with van der Waals surface area (Å²) >= 11 is 1.23. The number of nitrogens with zero attached hydrogens (tertiary/aromatic N) is 2. The van der Waals surface area contributed by atoms with Crippen molar-refractivity contribution in [3.63, 3.8) is 0 Å². The average molecular weight is 243 g/mol. The van der Waals surface area contributed by atoms with Gasteiger partial charge in [0.25, 0.3) is 0 Å². The van der Waals surface area contributed by atoms with Crippen molar-refractivity contribution in [1.29, 1.82) is 0 Å². The Balaban J connectivity index is 1.99. The second-order valence-electron chi connectivity index (χ2n) is 3.51. The molecule has 88 valence electrons. The summed E-state index contributed by atoms with van der Waals surface area (Å²) in [6.07, 6.45) is 2.01. The summed E-state index contributed by atoms with van der Waals surface area (Å²) in [4.78, 5) is 22.6. The number of aromatic amines is 1. The standard InChI is InChI=1S/C9H13N3O3S/c1-2-15-7(13)5-16-9-11-10-8(14)12(9)6-3-4-6/h6H,2-5H2,1H3,(H,10,14). The zero-order valence-electron chi connectivity index (χ0n) is 8.93. The van der Waals surface area contributed by atoms with E-state index in [0.29, 0.717) is 11.8 Å². The number of carbonyl (C=O) groups is 1. The van der Waals surface area contributed by atoms with Gasteiger partial charge in [0.1, 0.15) is 0 Å². The van der Waals surface area contributed by atoms with Gasteiger partial charge in [0, 0.05) is 6.04 Å². The molecule has 2 rings (SSSR count). The van der Waals surface area contributed by atoms with E-state index in [4.69, 9.17) is 4.74 Å². The molecule has 0 atom stereocenters. The van der Waals surface area contributed by atoms with Gasteiger partial charge < -0.3 is 4.74 Å². The number of rotatable bonds is 5. The van der Waals surface area contributed by atoms with Gasteiger partial charge in [-0.15, -0.1) is 5.10 Å². The van der Waals surface area contributed by atoms with Gasteiger partial charge in [-0.2, -0.15) is 0 Å². The van der Waals surface area contributed by atoms with Gasteiger partial charge in [-0.25, -0.2) is 9.89 Å². The van der Waals surface area contributed by atoms with Gasteiger partial charge in [-0.1, -0.05) is 11.8 Å². The Morgan fingerprint density at radius 1 is 1.69 bits per heavy atom. The molecule has 16 heavy (non-hydrogen) atoms. The first-order chi connectivity index (χ1) is 7.72. The summed E-state index contributed by atoms with van der Waals surface area (Å²) in [5, 5.41) is 6.86. The molecule has 0 aromatic carbocycles. The molecule has 0 radical (unpaired) electrons. The third kappa shape index (κ3) is 2.46. The highest BCUT2D eigenvalue weighted by Crippen LogP contribution is 2.35. The topological polar surface area (TPSA) is 77.0 Å². The predicted molar refractivity (Wildman–Crippen MR) is 58.5 cm³/mol. The maximum atomic E-state index is 11.4. The Morgan fingerprint density at radius 2 is 2.44 bits per heavy atom. The highest BCUT2D eigenvalue weighted by molar-refractivity contribution is 7.99. The fourth-order valence-electron chi connectivity index (χ4n) is 1.37. The molecule has 0 aliphatic heterocycles. The van der Waals surface area contributed by atoms with Gasteiger partial charge in [0.05, 0.1) is 12.4 Å². The third-order valence-corrected chi connectivity index (χ3v) is 3.13. The van der Waals surface area contributed by atoms with E-state index in [1.54, 1.807) is 11.5 Å². The lowest BCUT2D eigenvalue weighted by molar-refractivity contribution is -0.139. The fourth-order valence-corrected chi connectivity index (χ4v) is 2.18. The lowest BCUT2D eigenvalue weighted by Crippen LogP contribution is -2.16. The number of ether oxygens (including phenoxy) is 1. The Hall–Kier alpha value is -1.24. The molecular weight excluding hydrogens is 230 g/mol. The van der Waals surface area contributed by atoms with Crippen LogP contribution in [0.15, 0.2) is 9.95 Å². The molecule has 1 N–H and O–H groups in total. The summed E-state index contributed by atoms with van der Waals surface area (Å²) in [5.41, 5.74) is -0.200. The first-order valence-corrected chi connectivity index (χ1v) is 6.16. The van der Waals surface area contributed by atoms with Crippen molar-refractivity contribution in [3.05, 3.63) is 10.5 Å². The highest BCUT2D eigenvalue weighted by atomic mass is 32.2. The van der Waals surface area contributed by atoms with Crippen molar-refractivity contribution in [1.82, 2.24) is 14.8 Å². The Kier molecular flexibility index (Phi) is 3.33. The number of esters is 1. The quantitative estimate of drug-likeness (QED) is 0.604. The van der Waals surface area contributed by atoms with Crippen molar-refractivity contribution < 1.29 is 9.53 Å². The van der Waals surface area contributed by atoms with Crippen LogP contribution in [0, 0.1) is 0 Å². The molecule has 0 bridgehead atoms. The third-order valence-electron chi connectivity index (χ3n) is 2.21. The smallest absolute Gasteiger partial charge is 0.344 e. The number of nitrogens with one attached hydrogen (secondary N) is 1. The second-order valence-corrected chi connectivity index (χ2v) is 4.45. The van der Waals surface area contributed by atoms with E-state index < -0.39 is 0 Å². The van der Waals surface area contributed by atoms with E-state index >= 15 is 0 Å². The van der Waals surface area contributed by atoms with E-state index in [1.165, 1.54) is 11.8 Å². The van der Waals surface area contributed by atoms with Crippen LogP contribution in [-0.4, -0.2) is 33.1 Å². The van der Waals surface area contributed by atoms with Gasteiger partial charge in [0.15, 0.2) is 5.16 Å². The summed E-state index contributed by atoms with van der Waals surface area (Å²) < 4.78 is 6.42. The minimum Gasteiger partial charge on any atom is -0.465 e. The first kappa shape index (κ1) is 11.3. The summed E-state index contributed by atoms with van der Waals surface area (Å²) in [6, 6.07) is 0.260. The molecule has 1 aromatic heterocycles. The monoisotopic (exact) mass is 243 g/mol. The molecule has 6 nitrogen and oxygen atoms in total. The van der Waals surface area contributed by atoms with Crippen LogP contribution in [0.5, 0.6) is 0 Å². The summed E-state index contributed by atoms with van der Waals surface area (Å²) in [5.74, 6) is -0.101. The molecule has 0 unspecified atom stereocenters. The summed E-state index contributed by atoms with van der Waals surface area (Å²) in [7, 11) is 0. The number of hydrogen-bond acceptors (Lipinski definition) is 5. The molecular formula is C9H13N3O3S. The average Bonchev–Trinajstić information content (AvgIpc) is 3.01. The fraction of sp³-hybridized carbons (Fsp3) is 0.667. The highest BCUT2D eigenvalue weighted by Gasteiger charge is 2.28. The van der Waals surface area contributed by atoms with E-state index in [2.05, 4.69) is 10.2 Å². The molecule has 1 fully saturated rings. The largest absolute Gasteiger partial charge is 0.465 e. The molecule has 1 heterocycles. The van der Waals surface area contributed by atoms with Crippen molar-refractivity contribution in [2.75, 3.05) is 12.4 Å². The maximum absolute atomic E-state index is 11.4. The predicted octanol–water partition coefficient (Wildman–Crippen LogP) is 0.561. The van der Waals surface area contributed by atoms with E-state index in [1.807, 2.05) is 0 Å². The minimum absolute atomic E-state index is 0.185. The Morgan fingerprint density at radius 3 is 3.06 bits per heavy atom. The number of carbonyl (C=O) groups excluding carboxylic acids is 1. The molecule has 0 amide bonds. The van der Waals surface area contributed by atoms with Gasteiger partial charge >= 0.3 is 11.7 Å². The zero-order valence-corrected chi connectivity index (χ0v) is 9.75. The van der Waals surface area contributed by atoms with Gasteiger partial charge in [-0.3, -0.25) is 9.36 Å². The molecule has 1 aliphatic carbocycles. The second kappa shape index (κ2) is 4.73. The van der Waals surface area contributed by atoms with Crippen LogP contribution in [0.1, 0.15) is 25.8 Å². The summed E-state index contributed by atoms with van der Waals surface area (Å²) in [6.45, 7) is 2.13. The first-order valence-electron chi connectivity index (χ1n) is 5.17. The molecule has 1 aromatic rings. The van der Waals surface area contributed by atoms with Gasteiger partial charge in [0.2, 0.25) is 0 Å². The van der Waals surface area contributed by atoms with Crippen LogP contribution in [-0.2, 0) is 9.53 Å². The van der Waals surface area contributed by atoms with Crippen LogP contribution in [0.4, 0.5) is 0 Å². The molecule has 1 saturated carbocycles. The van der Waals surface area contributed by atoms with Crippen molar-refractivity contribution in [2.45, 2.75) is 31.0 Å². The van der Waals surface area contributed by atoms with Crippen molar-refractivity contribution in [2.24, 2.45) is 0 Å². The van der Waals surface area contributed by atoms with E-state index in [9.17, 15) is 9.59 Å². The lowest BCUT2D eigenvalue weighted by atomic mass is 10.7. The van der Waals surface area contributed by atoms with Gasteiger partial charge in [-0.05, 0) is 19.8 Å². The normalized spacial score (nSPS) is 15.1. The maximum Gasteiger partial charge on any atom is 0.344 e. The Labute approximate surface area is 96.4 Å². The molecule has 7 heteroatoms. The van der Waals surface area contributed by atoms with Crippen molar-refractivity contribution >= 4 is 17.7 Å². The van der Waals surface area contributed by atoms with Crippen LogP contribution in [0.3, 0.4) is 0 Å². The number of thioether (sulfide) groups is 1. The number of hydrogen-bond donors (Lipinski definition) is 1. The molecule has 1 aliphatic rings. The van der Waals surface area contributed by atoms with Crippen molar-refractivity contribution in [3.8, 4) is 0 Å². The van der Waals surface area contributed by atoms with Crippen LogP contribution < -0.4 is 5.69 Å². The molecule has 0 spiro atoms. The van der Waals surface area contributed by atoms with Crippen LogP contribution >= 0.6 is 11.8 Å². The van der Waals surface area contributed by atoms with E-state index in [0.717, 1.165) is 12.8 Å². The zero-order chi connectivity index (χ0) is 11.5.